The first-order valence-electron chi connectivity index (χ1n) is 0.369. The Hall–Kier alpha value is -0.190. The molecule has 0 radical (unpaired) electrons. The third-order valence-corrected chi connectivity index (χ3v) is 0. The van der Waals surface area contributed by atoms with Gasteiger partial charge in [0.25, 0.3) is 0 Å². The summed E-state index contributed by atoms with van der Waals surface area (Å²) < 4.78 is 8.50. The van der Waals surface area contributed by atoms with Crippen LogP contribution in [0.3, 0.4) is 0 Å². The van der Waals surface area contributed by atoms with Crippen LogP contribution < -0.4 is 0 Å². The predicted octanol–water partition coefficient (Wildman–Crippen LogP) is -0.119. The van der Waals surface area contributed by atoms with Gasteiger partial charge in [0.05, 0.1) is 0 Å². The summed E-state index contributed by atoms with van der Waals surface area (Å²) in [5, 5.41) is 17.5. The standard InChI is InChI=1S/FHO.H2O2/c2*1-2/h2H;1-2H. The third kappa shape index (κ3) is 32.9. The Bertz CT molecular complexity index is 3.25. The van der Waals surface area contributed by atoms with E-state index in [1.54, 1.807) is 0 Å². The Morgan fingerprint density at radius 1 is 1.00 bits per heavy atom. The Labute approximate surface area is 21.8 Å². The normalized spacial score (nSPS) is 3.00. The molecular weight excluding hydrogens is 67.0 g/mol. The van der Waals surface area contributed by atoms with Gasteiger partial charge in [0.2, 0.25) is 0 Å². The fourth-order valence-electron chi connectivity index (χ4n) is 0. The van der Waals surface area contributed by atoms with E-state index in [2.05, 4.69) is 0 Å². The van der Waals surface area contributed by atoms with Crippen LogP contribution in [0.15, 0.2) is 0 Å². The molecule has 4 heteroatoms. The molecule has 0 aliphatic carbocycles. The minimum atomic E-state index is 5.50. The van der Waals surface area contributed by atoms with Crippen LogP contribution in [-0.2, 0) is 0 Å². The summed E-state index contributed by atoms with van der Waals surface area (Å²) in [6, 6.07) is 0. The van der Waals surface area contributed by atoms with Crippen LogP contribution >= 0.6 is 0 Å². The van der Waals surface area contributed by atoms with Crippen LogP contribution in [0.4, 0.5) is 4.53 Å². The van der Waals surface area contributed by atoms with Gasteiger partial charge in [-0.15, -0.1) is 0 Å². The van der Waals surface area contributed by atoms with Crippen LogP contribution in [0.2, 0.25) is 0 Å². The van der Waals surface area contributed by atoms with Crippen molar-refractivity contribution in [3.63, 3.8) is 0 Å². The smallest absolute Gasteiger partial charge is 0.0519 e. The van der Waals surface area contributed by atoms with E-state index in [4.69, 9.17) is 20.4 Å². The first-order valence-corrected chi connectivity index (χ1v) is 0.369. The van der Waals surface area contributed by atoms with E-state index in [0.29, 0.717) is 0 Å². The fraction of sp³-hybridized carbons (Fsp3) is 0. The highest BCUT2D eigenvalue weighted by Crippen LogP contribution is 1.13. The number of rotatable bonds is 0. The zero-order valence-electron chi connectivity index (χ0n) is 1.72. The molecule has 0 fully saturated rings. The van der Waals surface area contributed by atoms with Crippen LogP contribution in [0, 0.1) is 0 Å². The summed E-state index contributed by atoms with van der Waals surface area (Å²) in [6.45, 7) is 0. The summed E-state index contributed by atoms with van der Waals surface area (Å²) >= 11 is 0. The fourth-order valence-corrected chi connectivity index (χ4v) is 0. The number of halogens is 1. The molecule has 0 aliphatic heterocycles. The molecular formula is H3FO3. The highest BCUT2D eigenvalue weighted by molar-refractivity contribution is 1.98. The second kappa shape index (κ2) is 255. The largest absolute Gasteiger partial charge is 0.255 e. The van der Waals surface area contributed by atoms with E-state index in [1.165, 1.54) is 0 Å². The number of hydrogen-bond acceptors (Lipinski definition) is 3. The lowest BCUT2D eigenvalue weighted by Gasteiger charge is -1.25. The van der Waals surface area contributed by atoms with Gasteiger partial charge in [0, 0.05) is 0 Å². The Morgan fingerprint density at radius 3 is 1.00 bits per heavy atom. The Morgan fingerprint density at radius 2 is 1.00 bits per heavy atom. The van der Waals surface area contributed by atoms with Crippen molar-refractivity contribution in [3.05, 3.63) is 0 Å². The van der Waals surface area contributed by atoms with E-state index >= 15 is 0 Å². The number of hydrogen-bond donors (Lipinski definition) is 3. The van der Waals surface area contributed by atoms with Crippen molar-refractivity contribution < 1.29 is 20.4 Å². The maximum absolute atomic E-state index is 8.50. The van der Waals surface area contributed by atoms with Crippen molar-refractivity contribution in [1.29, 1.82) is 0 Å². The highest BCUT2D eigenvalue weighted by atomic mass is 19.3. The zero-order valence-corrected chi connectivity index (χ0v) is 1.72. The average Bonchev–Trinajstić information content (AvgIpc) is 1.50. The molecule has 0 saturated heterocycles. The molecule has 0 spiro atoms. The second-order valence-corrected chi connectivity index (χ2v) is 0. The molecule has 3 nitrogen and oxygen atoms in total. The van der Waals surface area contributed by atoms with Gasteiger partial charge >= 0.3 is 0 Å². The van der Waals surface area contributed by atoms with E-state index in [9.17, 15) is 0 Å². The van der Waals surface area contributed by atoms with Crippen molar-refractivity contribution in [2.75, 3.05) is 0 Å². The minimum Gasteiger partial charge on any atom is -0.255 e. The molecule has 0 aromatic heterocycles. The molecule has 4 heavy (non-hydrogen) atoms. The topological polar surface area (TPSA) is 60.7 Å². The minimum absolute atomic E-state index is 5.50. The quantitative estimate of drug-likeness (QED) is 0.275. The molecule has 0 amide bonds. The highest BCUT2D eigenvalue weighted by Gasteiger charge is 0.873. The molecule has 0 aliphatic rings. The lowest BCUT2D eigenvalue weighted by molar-refractivity contribution is -0.176. The first-order chi connectivity index (χ1) is 2.00. The van der Waals surface area contributed by atoms with Crippen molar-refractivity contribution in [2.24, 2.45) is 0 Å². The predicted molar refractivity (Wildman–Crippen MR) is 8.58 cm³/mol. The molecule has 0 atom stereocenters. The summed E-state index contributed by atoms with van der Waals surface area (Å²) in [5.74, 6) is 0. The van der Waals surface area contributed by atoms with Gasteiger partial charge in [-0.25, -0.2) is 5.31 Å². The van der Waals surface area contributed by atoms with Gasteiger partial charge in [-0.1, -0.05) is 4.53 Å². The van der Waals surface area contributed by atoms with Crippen LogP contribution in [-0.4, -0.2) is 15.8 Å². The molecule has 0 aromatic carbocycles. The first kappa shape index (κ1) is 9.18. The van der Waals surface area contributed by atoms with E-state index < -0.39 is 0 Å². The monoisotopic (exact) mass is 70.0 g/mol. The molecule has 0 aromatic rings. The summed E-state index contributed by atoms with van der Waals surface area (Å²) in [5.41, 5.74) is 0. The third-order valence-electron chi connectivity index (χ3n) is 0. The molecule has 3 N–H and O–H groups in total. The molecule has 0 saturated carbocycles. The lowest BCUT2D eigenvalue weighted by Crippen LogP contribution is -1.29. The SMILES string of the molecule is OF.OO. The van der Waals surface area contributed by atoms with Crippen LogP contribution in [0.1, 0.15) is 0 Å². The van der Waals surface area contributed by atoms with Gasteiger partial charge < -0.3 is 0 Å². The lowest BCUT2D eigenvalue weighted by atomic mass is 15.0. The van der Waals surface area contributed by atoms with Crippen molar-refractivity contribution in [3.8, 4) is 0 Å². The maximum atomic E-state index is 8.50. The van der Waals surface area contributed by atoms with Gasteiger partial charge in [-0.3, -0.25) is 10.5 Å². The molecule has 28 valence electrons. The Balaban J connectivity index is 0. The molecule has 0 bridgehead atoms. The zero-order chi connectivity index (χ0) is 4.00. The van der Waals surface area contributed by atoms with E-state index in [1.807, 2.05) is 0 Å². The van der Waals surface area contributed by atoms with Crippen molar-refractivity contribution in [2.45, 2.75) is 0 Å². The van der Waals surface area contributed by atoms with E-state index in [-0.39, 0.29) is 0 Å². The molecule has 0 heterocycles. The molecule has 0 unspecified atom stereocenters. The van der Waals surface area contributed by atoms with Gasteiger partial charge in [-0.2, -0.15) is 0 Å². The molecule has 0 rings (SSSR count). The van der Waals surface area contributed by atoms with Crippen molar-refractivity contribution >= 4 is 0 Å². The second-order valence-electron chi connectivity index (χ2n) is 0. The van der Waals surface area contributed by atoms with Crippen LogP contribution in [0.5, 0.6) is 0 Å². The maximum Gasteiger partial charge on any atom is -0.0519 e. The average molecular weight is 70.0 g/mol. The summed E-state index contributed by atoms with van der Waals surface area (Å²) in [4.78, 5) is 0. The van der Waals surface area contributed by atoms with Crippen molar-refractivity contribution in [1.82, 2.24) is 0 Å². The van der Waals surface area contributed by atoms with Crippen LogP contribution in [0.25, 0.3) is 0 Å². The summed E-state index contributed by atoms with van der Waals surface area (Å²) in [6.07, 6.45) is 0. The van der Waals surface area contributed by atoms with Gasteiger partial charge in [0.1, 0.15) is 0 Å². The Kier molecular flexibility index (Phi) is 585. The van der Waals surface area contributed by atoms with E-state index in [0.717, 1.165) is 0 Å². The summed E-state index contributed by atoms with van der Waals surface area (Å²) in [7, 11) is 0. The van der Waals surface area contributed by atoms with Gasteiger partial charge in [0.15, 0.2) is 0 Å². The van der Waals surface area contributed by atoms with Gasteiger partial charge in [-0.05, 0) is 0 Å².